The van der Waals surface area contributed by atoms with E-state index in [1.54, 1.807) is 6.92 Å². The number of aromatic carboxylic acids is 1. The molecule has 1 aromatic heterocycles. The van der Waals surface area contributed by atoms with Crippen LogP contribution in [0.2, 0.25) is 0 Å². The zero-order valence-electron chi connectivity index (χ0n) is 11.4. The first-order valence-corrected chi connectivity index (χ1v) is 8.57. The number of aliphatic hydroxyl groups is 1. The summed E-state index contributed by atoms with van der Waals surface area (Å²) in [4.78, 5) is 10.7. The number of nitrogens with one attached hydrogen (secondary N) is 1. The first-order chi connectivity index (χ1) is 9.29. The van der Waals surface area contributed by atoms with Crippen molar-refractivity contribution in [3.8, 4) is 0 Å². The van der Waals surface area contributed by atoms with Crippen LogP contribution in [0.15, 0.2) is 10.3 Å². The number of carboxylic acid groups (broad SMARTS) is 1. The Labute approximate surface area is 122 Å². The van der Waals surface area contributed by atoms with Crippen LogP contribution in [0, 0.1) is 12.8 Å². The molecule has 1 rings (SSSR count). The Kier molecular flexibility index (Phi) is 6.12. The number of hydrogen-bond donors (Lipinski definition) is 3. The van der Waals surface area contributed by atoms with Crippen molar-refractivity contribution in [1.82, 2.24) is 4.72 Å². The average Bonchev–Trinajstić information content (AvgIpc) is 2.77. The molecule has 0 amide bonds. The van der Waals surface area contributed by atoms with Gasteiger partial charge in [0.25, 0.3) is 0 Å². The summed E-state index contributed by atoms with van der Waals surface area (Å²) in [5.41, 5.74) is 0.434. The lowest BCUT2D eigenvalue weighted by Gasteiger charge is -2.09. The normalized spacial score (nSPS) is 13.3. The number of aryl methyl sites for hydroxylation is 1. The van der Waals surface area contributed by atoms with Crippen LogP contribution in [0.4, 0.5) is 0 Å². The second-order valence-electron chi connectivity index (χ2n) is 4.71. The zero-order valence-corrected chi connectivity index (χ0v) is 13.1. The van der Waals surface area contributed by atoms with E-state index < -0.39 is 16.0 Å². The highest BCUT2D eigenvalue weighted by Crippen LogP contribution is 2.26. The van der Waals surface area contributed by atoms with Gasteiger partial charge < -0.3 is 10.2 Å². The molecule has 0 aliphatic heterocycles. The van der Waals surface area contributed by atoms with Gasteiger partial charge in [-0.3, -0.25) is 0 Å². The number of sulfonamides is 1. The van der Waals surface area contributed by atoms with E-state index in [0.717, 1.165) is 11.3 Å². The average molecular weight is 321 g/mol. The number of rotatable bonds is 8. The predicted molar refractivity (Wildman–Crippen MR) is 76.7 cm³/mol. The largest absolute Gasteiger partial charge is 0.477 e. The summed E-state index contributed by atoms with van der Waals surface area (Å²) in [6.45, 7) is 3.74. The van der Waals surface area contributed by atoms with Gasteiger partial charge in [-0.1, -0.05) is 6.92 Å². The minimum atomic E-state index is -3.81. The molecule has 114 valence electrons. The zero-order chi connectivity index (χ0) is 15.3. The van der Waals surface area contributed by atoms with E-state index >= 15 is 0 Å². The number of carboxylic acids is 1. The summed E-state index contributed by atoms with van der Waals surface area (Å²) in [5, 5.41) is 19.4. The molecule has 0 bridgehead atoms. The van der Waals surface area contributed by atoms with Crippen LogP contribution in [0.1, 0.15) is 35.0 Å². The Hall–Kier alpha value is -0.960. The van der Waals surface area contributed by atoms with Gasteiger partial charge >= 0.3 is 5.97 Å². The van der Waals surface area contributed by atoms with E-state index in [0.29, 0.717) is 18.4 Å². The van der Waals surface area contributed by atoms with E-state index in [1.807, 2.05) is 6.92 Å². The third-order valence-corrected chi connectivity index (χ3v) is 5.72. The molecule has 1 unspecified atom stereocenters. The van der Waals surface area contributed by atoms with Gasteiger partial charge in [0.2, 0.25) is 10.0 Å². The standard InChI is InChI=1S/C12H19NO5S2/c1-8(6-14)4-3-5-13-20(17,18)11-9(2)7-19-10(11)12(15)16/h7-8,13-14H,3-6H2,1-2H3,(H,15,16). The van der Waals surface area contributed by atoms with E-state index in [1.165, 1.54) is 5.38 Å². The lowest BCUT2D eigenvalue weighted by atomic mass is 10.1. The Morgan fingerprint density at radius 2 is 2.15 bits per heavy atom. The Balaban J connectivity index is 2.75. The maximum absolute atomic E-state index is 12.1. The van der Waals surface area contributed by atoms with Crippen LogP contribution in [-0.2, 0) is 10.0 Å². The van der Waals surface area contributed by atoms with Crippen molar-refractivity contribution >= 4 is 27.3 Å². The third kappa shape index (κ3) is 4.27. The maximum Gasteiger partial charge on any atom is 0.347 e. The van der Waals surface area contributed by atoms with Crippen molar-refractivity contribution in [2.75, 3.05) is 13.2 Å². The Bertz CT molecular complexity index is 564. The van der Waals surface area contributed by atoms with Crippen molar-refractivity contribution in [2.24, 2.45) is 5.92 Å². The molecule has 8 heteroatoms. The molecule has 1 atom stereocenters. The highest BCUT2D eigenvalue weighted by Gasteiger charge is 2.26. The predicted octanol–water partition coefficient (Wildman–Crippen LogP) is 1.44. The summed E-state index contributed by atoms with van der Waals surface area (Å²) < 4.78 is 26.7. The Morgan fingerprint density at radius 1 is 1.50 bits per heavy atom. The van der Waals surface area contributed by atoms with Gasteiger partial charge in [0.15, 0.2) is 0 Å². The second kappa shape index (κ2) is 7.16. The second-order valence-corrected chi connectivity index (χ2v) is 7.29. The van der Waals surface area contributed by atoms with Crippen molar-refractivity contribution < 1.29 is 23.4 Å². The quantitative estimate of drug-likeness (QED) is 0.629. The van der Waals surface area contributed by atoms with E-state index in [9.17, 15) is 13.2 Å². The molecule has 0 radical (unpaired) electrons. The van der Waals surface area contributed by atoms with Crippen LogP contribution < -0.4 is 4.72 Å². The molecule has 1 heterocycles. The molecule has 6 nitrogen and oxygen atoms in total. The van der Waals surface area contributed by atoms with Crippen molar-refractivity contribution in [1.29, 1.82) is 0 Å². The van der Waals surface area contributed by atoms with E-state index in [2.05, 4.69) is 4.72 Å². The highest BCUT2D eigenvalue weighted by atomic mass is 32.2. The summed E-state index contributed by atoms with van der Waals surface area (Å²) in [7, 11) is -3.81. The first-order valence-electron chi connectivity index (χ1n) is 6.21. The molecule has 20 heavy (non-hydrogen) atoms. The van der Waals surface area contributed by atoms with E-state index in [4.69, 9.17) is 10.2 Å². The van der Waals surface area contributed by atoms with Crippen LogP contribution in [-0.4, -0.2) is 37.8 Å². The number of aliphatic hydroxyl groups excluding tert-OH is 1. The molecule has 0 aliphatic carbocycles. The summed E-state index contributed by atoms with van der Waals surface area (Å²) in [6.07, 6.45) is 1.29. The van der Waals surface area contributed by atoms with Crippen LogP contribution in [0.5, 0.6) is 0 Å². The third-order valence-electron chi connectivity index (χ3n) is 2.86. The topological polar surface area (TPSA) is 104 Å². The minimum Gasteiger partial charge on any atom is -0.477 e. The fourth-order valence-electron chi connectivity index (χ4n) is 1.74. The number of thiophene rings is 1. The fourth-order valence-corrected chi connectivity index (χ4v) is 4.44. The van der Waals surface area contributed by atoms with Gasteiger partial charge in [0.05, 0.1) is 0 Å². The SMILES string of the molecule is Cc1csc(C(=O)O)c1S(=O)(=O)NCCCC(C)CO. The van der Waals surface area contributed by atoms with Gasteiger partial charge in [0.1, 0.15) is 9.77 Å². The molecule has 0 saturated heterocycles. The van der Waals surface area contributed by atoms with Crippen LogP contribution in [0.25, 0.3) is 0 Å². The fraction of sp³-hybridized carbons (Fsp3) is 0.583. The van der Waals surface area contributed by atoms with Crippen LogP contribution >= 0.6 is 11.3 Å². The Morgan fingerprint density at radius 3 is 2.70 bits per heavy atom. The molecule has 1 aromatic rings. The van der Waals surface area contributed by atoms with E-state index in [-0.39, 0.29) is 28.8 Å². The molecule has 0 spiro atoms. The van der Waals surface area contributed by atoms with Gasteiger partial charge in [-0.25, -0.2) is 17.9 Å². The molecule has 0 fully saturated rings. The van der Waals surface area contributed by atoms with Crippen molar-refractivity contribution in [3.63, 3.8) is 0 Å². The monoisotopic (exact) mass is 321 g/mol. The molecule has 3 N–H and O–H groups in total. The number of hydrogen-bond acceptors (Lipinski definition) is 5. The minimum absolute atomic E-state index is 0.0690. The summed E-state index contributed by atoms with van der Waals surface area (Å²) >= 11 is 0.907. The molecule has 0 saturated carbocycles. The first kappa shape index (κ1) is 17.1. The molecular weight excluding hydrogens is 302 g/mol. The summed E-state index contributed by atoms with van der Waals surface area (Å²) in [6, 6.07) is 0. The summed E-state index contributed by atoms with van der Waals surface area (Å²) in [5.74, 6) is -1.12. The van der Waals surface area contributed by atoms with Crippen molar-refractivity contribution in [3.05, 3.63) is 15.8 Å². The lowest BCUT2D eigenvalue weighted by Crippen LogP contribution is -2.26. The lowest BCUT2D eigenvalue weighted by molar-refractivity contribution is 0.0698. The molecule has 0 aliphatic rings. The smallest absolute Gasteiger partial charge is 0.347 e. The maximum atomic E-state index is 12.1. The van der Waals surface area contributed by atoms with Gasteiger partial charge in [-0.15, -0.1) is 11.3 Å². The van der Waals surface area contributed by atoms with Gasteiger partial charge in [-0.05, 0) is 36.6 Å². The number of carbonyl (C=O) groups is 1. The van der Waals surface area contributed by atoms with Gasteiger partial charge in [-0.2, -0.15) is 0 Å². The highest BCUT2D eigenvalue weighted by molar-refractivity contribution is 7.89. The van der Waals surface area contributed by atoms with Crippen molar-refractivity contribution in [2.45, 2.75) is 31.6 Å². The molecular formula is C12H19NO5S2. The van der Waals surface area contributed by atoms with Gasteiger partial charge in [0, 0.05) is 13.2 Å². The van der Waals surface area contributed by atoms with Crippen LogP contribution in [0.3, 0.4) is 0 Å². The molecule has 0 aromatic carbocycles.